The van der Waals surface area contributed by atoms with Gasteiger partial charge in [0.15, 0.2) is 0 Å². The highest BCUT2D eigenvalue weighted by Crippen LogP contribution is 2.22. The molecule has 0 aliphatic heterocycles. The Balaban J connectivity index is 2.35. The van der Waals surface area contributed by atoms with Crippen LogP contribution >= 0.6 is 0 Å². The van der Waals surface area contributed by atoms with Crippen molar-refractivity contribution >= 4 is 33.2 Å². The van der Waals surface area contributed by atoms with Crippen LogP contribution in [0.25, 0.3) is 0 Å². The van der Waals surface area contributed by atoms with Crippen LogP contribution < -0.4 is 15.8 Å². The molecule has 0 saturated heterocycles. The average Bonchev–Trinajstić information content (AvgIpc) is 2.48. The van der Waals surface area contributed by atoms with E-state index in [4.69, 9.17) is 5.73 Å². The number of hydrogen-bond acceptors (Lipinski definition) is 4. The van der Waals surface area contributed by atoms with Crippen LogP contribution in [-0.2, 0) is 10.0 Å². The molecule has 0 unspecified atom stereocenters. The van der Waals surface area contributed by atoms with E-state index in [2.05, 4.69) is 10.0 Å². The van der Waals surface area contributed by atoms with E-state index in [0.717, 1.165) is 6.26 Å². The molecule has 126 valence electrons. The zero-order chi connectivity index (χ0) is 17.9. The number of nitrogens with two attached hydrogens (primary N) is 1. The number of anilines is 2. The molecule has 24 heavy (non-hydrogen) atoms. The number of benzene rings is 2. The van der Waals surface area contributed by atoms with Gasteiger partial charge in [0.25, 0.3) is 11.8 Å². The van der Waals surface area contributed by atoms with Crippen LogP contribution in [0.3, 0.4) is 0 Å². The molecule has 2 aromatic carbocycles. The summed E-state index contributed by atoms with van der Waals surface area (Å²) >= 11 is 0. The summed E-state index contributed by atoms with van der Waals surface area (Å²) in [5.74, 6) is -1.13. The summed E-state index contributed by atoms with van der Waals surface area (Å²) in [6.45, 7) is 1.63. The minimum atomic E-state index is -3.46. The Hall–Kier alpha value is -2.87. The largest absolute Gasteiger partial charge is 0.366 e. The standard InChI is InChI=1S/C16H17N3O4S/c1-10-11(7-5-9-13(10)19-24(2,22)23)16(21)18-14-8-4-3-6-12(14)15(17)20/h3-9,19H,1-2H3,(H2,17,20)(H,18,21). The van der Waals surface area contributed by atoms with Crippen molar-refractivity contribution in [1.82, 2.24) is 0 Å². The highest BCUT2D eigenvalue weighted by atomic mass is 32.2. The molecule has 0 aromatic heterocycles. The monoisotopic (exact) mass is 347 g/mol. The van der Waals surface area contributed by atoms with Crippen molar-refractivity contribution in [2.24, 2.45) is 5.73 Å². The zero-order valence-corrected chi connectivity index (χ0v) is 14.0. The zero-order valence-electron chi connectivity index (χ0n) is 13.2. The van der Waals surface area contributed by atoms with E-state index in [1.54, 1.807) is 43.3 Å². The van der Waals surface area contributed by atoms with E-state index in [0.29, 0.717) is 11.3 Å². The van der Waals surface area contributed by atoms with Gasteiger partial charge in [-0.2, -0.15) is 0 Å². The van der Waals surface area contributed by atoms with E-state index in [-0.39, 0.29) is 16.8 Å². The molecule has 0 radical (unpaired) electrons. The minimum absolute atomic E-state index is 0.189. The van der Waals surface area contributed by atoms with E-state index in [1.807, 2.05) is 0 Å². The molecular formula is C16H17N3O4S. The van der Waals surface area contributed by atoms with Crippen LogP contribution in [0.1, 0.15) is 26.3 Å². The first kappa shape index (κ1) is 17.5. The number of carbonyl (C=O) groups excluding carboxylic acids is 2. The number of amides is 2. The van der Waals surface area contributed by atoms with Crippen LogP contribution in [0, 0.1) is 6.92 Å². The average molecular weight is 347 g/mol. The van der Waals surface area contributed by atoms with Gasteiger partial charge in [0.05, 0.1) is 23.2 Å². The summed E-state index contributed by atoms with van der Waals surface area (Å²) in [6, 6.07) is 11.1. The maximum absolute atomic E-state index is 12.5. The van der Waals surface area contributed by atoms with Gasteiger partial charge in [-0.25, -0.2) is 8.42 Å². The molecule has 0 atom stereocenters. The van der Waals surface area contributed by atoms with Gasteiger partial charge in [-0.1, -0.05) is 18.2 Å². The quantitative estimate of drug-likeness (QED) is 0.763. The Labute approximate surface area is 139 Å². The summed E-state index contributed by atoms with van der Waals surface area (Å²) < 4.78 is 25.1. The first-order valence-corrected chi connectivity index (χ1v) is 8.86. The fourth-order valence-electron chi connectivity index (χ4n) is 2.19. The van der Waals surface area contributed by atoms with Crippen molar-refractivity contribution in [2.45, 2.75) is 6.92 Å². The summed E-state index contributed by atoms with van der Waals surface area (Å²) in [7, 11) is -3.46. The first-order chi connectivity index (χ1) is 11.2. The summed E-state index contributed by atoms with van der Waals surface area (Å²) in [6.07, 6.45) is 1.03. The van der Waals surface area contributed by atoms with Gasteiger partial charge in [0.2, 0.25) is 10.0 Å². The predicted octanol–water partition coefficient (Wildman–Crippen LogP) is 1.72. The van der Waals surface area contributed by atoms with Crippen LogP contribution in [0.4, 0.5) is 11.4 Å². The highest BCUT2D eigenvalue weighted by molar-refractivity contribution is 7.92. The number of carbonyl (C=O) groups is 2. The molecule has 0 spiro atoms. The van der Waals surface area contributed by atoms with Gasteiger partial charge in [-0.05, 0) is 36.8 Å². The highest BCUT2D eigenvalue weighted by Gasteiger charge is 2.16. The molecule has 0 heterocycles. The van der Waals surface area contributed by atoms with Crippen molar-refractivity contribution in [3.8, 4) is 0 Å². The SMILES string of the molecule is Cc1c(NS(C)(=O)=O)cccc1C(=O)Nc1ccccc1C(N)=O. The maximum Gasteiger partial charge on any atom is 0.256 e. The van der Waals surface area contributed by atoms with Crippen molar-refractivity contribution in [3.63, 3.8) is 0 Å². The molecule has 0 fully saturated rings. The van der Waals surface area contributed by atoms with Gasteiger partial charge >= 0.3 is 0 Å². The lowest BCUT2D eigenvalue weighted by atomic mass is 10.1. The number of rotatable bonds is 5. The second kappa shape index (κ2) is 6.71. The maximum atomic E-state index is 12.5. The second-order valence-electron chi connectivity index (χ2n) is 5.22. The molecule has 2 aromatic rings. The normalized spacial score (nSPS) is 10.9. The second-order valence-corrected chi connectivity index (χ2v) is 6.96. The lowest BCUT2D eigenvalue weighted by Gasteiger charge is -2.13. The third kappa shape index (κ3) is 4.11. The van der Waals surface area contributed by atoms with Gasteiger partial charge in [-0.15, -0.1) is 0 Å². The Morgan fingerprint density at radius 2 is 1.54 bits per heavy atom. The topological polar surface area (TPSA) is 118 Å². The van der Waals surface area contributed by atoms with Crippen molar-refractivity contribution in [1.29, 1.82) is 0 Å². The Morgan fingerprint density at radius 1 is 0.958 bits per heavy atom. The third-order valence-corrected chi connectivity index (χ3v) is 3.91. The number of para-hydroxylation sites is 1. The van der Waals surface area contributed by atoms with Gasteiger partial charge in [0, 0.05) is 5.56 Å². The molecule has 7 nitrogen and oxygen atoms in total. The van der Waals surface area contributed by atoms with Crippen LogP contribution in [0.15, 0.2) is 42.5 Å². The van der Waals surface area contributed by atoms with E-state index >= 15 is 0 Å². The van der Waals surface area contributed by atoms with Crippen molar-refractivity contribution < 1.29 is 18.0 Å². The third-order valence-electron chi connectivity index (χ3n) is 3.31. The summed E-state index contributed by atoms with van der Waals surface area (Å²) in [5, 5.41) is 2.62. The molecule has 0 aliphatic rings. The van der Waals surface area contributed by atoms with Crippen molar-refractivity contribution in [3.05, 3.63) is 59.2 Å². The summed E-state index contributed by atoms with van der Waals surface area (Å²) in [4.78, 5) is 23.9. The number of sulfonamides is 1. The Kier molecular flexibility index (Phi) is 4.89. The number of nitrogens with one attached hydrogen (secondary N) is 2. The van der Waals surface area contributed by atoms with Crippen LogP contribution in [0.2, 0.25) is 0 Å². The smallest absolute Gasteiger partial charge is 0.256 e. The first-order valence-electron chi connectivity index (χ1n) is 6.96. The van der Waals surface area contributed by atoms with Crippen LogP contribution in [-0.4, -0.2) is 26.5 Å². The van der Waals surface area contributed by atoms with E-state index < -0.39 is 21.8 Å². The minimum Gasteiger partial charge on any atom is -0.366 e. The van der Waals surface area contributed by atoms with E-state index in [9.17, 15) is 18.0 Å². The van der Waals surface area contributed by atoms with Gasteiger partial charge < -0.3 is 11.1 Å². The molecular weight excluding hydrogens is 330 g/mol. The summed E-state index contributed by atoms with van der Waals surface area (Å²) in [5.41, 5.74) is 6.83. The molecule has 4 N–H and O–H groups in total. The van der Waals surface area contributed by atoms with Gasteiger partial charge in [-0.3, -0.25) is 14.3 Å². The van der Waals surface area contributed by atoms with Crippen molar-refractivity contribution in [2.75, 3.05) is 16.3 Å². The molecule has 0 saturated carbocycles. The Morgan fingerprint density at radius 3 is 2.17 bits per heavy atom. The van der Waals surface area contributed by atoms with Gasteiger partial charge in [0.1, 0.15) is 0 Å². The molecule has 2 amide bonds. The molecule has 8 heteroatoms. The Bertz CT molecular complexity index is 907. The molecule has 0 bridgehead atoms. The van der Waals surface area contributed by atoms with Crippen LogP contribution in [0.5, 0.6) is 0 Å². The molecule has 0 aliphatic carbocycles. The lowest BCUT2D eigenvalue weighted by molar-refractivity contribution is 0.100. The van der Waals surface area contributed by atoms with E-state index in [1.165, 1.54) is 6.07 Å². The fraction of sp³-hybridized carbons (Fsp3) is 0.125. The lowest BCUT2D eigenvalue weighted by Crippen LogP contribution is -2.19. The number of hydrogen-bond donors (Lipinski definition) is 3. The number of primary amides is 1. The molecule has 2 rings (SSSR count). The predicted molar refractivity (Wildman–Crippen MR) is 92.6 cm³/mol. The fourth-order valence-corrected chi connectivity index (χ4v) is 2.81.